The quantitative estimate of drug-likeness (QED) is 0.909. The molecule has 2 aromatic rings. The third kappa shape index (κ3) is 2.33. The Morgan fingerprint density at radius 3 is 2.52 bits per heavy atom. The van der Waals surface area contributed by atoms with Crippen LogP contribution in [0.4, 0.5) is 0 Å². The number of carbonyl (C=O) groups is 1. The first kappa shape index (κ1) is 14.1. The van der Waals surface area contributed by atoms with Crippen molar-refractivity contribution in [2.75, 3.05) is 13.2 Å². The average molecular weight is 287 g/mol. The summed E-state index contributed by atoms with van der Waals surface area (Å²) in [6.07, 6.45) is 1.95. The molecule has 21 heavy (non-hydrogen) atoms. The van der Waals surface area contributed by atoms with Gasteiger partial charge in [-0.15, -0.1) is 0 Å². The minimum Gasteiger partial charge on any atom is -0.450 e. The van der Waals surface area contributed by atoms with Gasteiger partial charge in [0.25, 0.3) is 5.91 Å². The van der Waals surface area contributed by atoms with Crippen LogP contribution in [-0.4, -0.2) is 24.2 Å². The van der Waals surface area contributed by atoms with Gasteiger partial charge in [-0.2, -0.15) is 0 Å². The summed E-state index contributed by atoms with van der Waals surface area (Å²) in [6.45, 7) is 6.57. The fourth-order valence-corrected chi connectivity index (χ4v) is 2.81. The lowest BCUT2D eigenvalue weighted by Gasteiger charge is -2.11. The highest BCUT2D eigenvalue weighted by Crippen LogP contribution is 2.44. The molecule has 0 aliphatic heterocycles. The number of aryl methyl sites for hydroxylation is 3. The number of nitrogens with one attached hydrogen (secondary N) is 1. The number of carbonyl (C=O) groups excluding carboxylic acids is 1. The highest BCUT2D eigenvalue weighted by atomic mass is 16.3. The van der Waals surface area contributed by atoms with Crippen LogP contribution in [0.15, 0.2) is 16.5 Å². The van der Waals surface area contributed by atoms with Gasteiger partial charge in [-0.05, 0) is 44.7 Å². The summed E-state index contributed by atoms with van der Waals surface area (Å²) in [6, 6.07) is 4.06. The summed E-state index contributed by atoms with van der Waals surface area (Å²) in [7, 11) is 0. The summed E-state index contributed by atoms with van der Waals surface area (Å²) in [5, 5.41) is 13.2. The number of aliphatic hydroxyl groups is 1. The van der Waals surface area contributed by atoms with Crippen LogP contribution in [-0.2, 0) is 0 Å². The van der Waals surface area contributed by atoms with Gasteiger partial charge in [-0.3, -0.25) is 4.79 Å². The van der Waals surface area contributed by atoms with Gasteiger partial charge in [-0.25, -0.2) is 0 Å². The topological polar surface area (TPSA) is 62.5 Å². The van der Waals surface area contributed by atoms with Crippen LogP contribution in [0.2, 0.25) is 0 Å². The highest BCUT2D eigenvalue weighted by molar-refractivity contribution is 6.00. The number of benzene rings is 1. The Kier molecular flexibility index (Phi) is 3.29. The Bertz CT molecular complexity index is 710. The van der Waals surface area contributed by atoms with Crippen LogP contribution >= 0.6 is 0 Å². The fourth-order valence-electron chi connectivity index (χ4n) is 2.81. The number of aliphatic hydroxyl groups excluding tert-OH is 1. The molecule has 0 radical (unpaired) electrons. The molecule has 0 atom stereocenters. The van der Waals surface area contributed by atoms with Gasteiger partial charge in [0.1, 0.15) is 5.58 Å². The average Bonchev–Trinajstić information content (AvgIpc) is 3.17. The second-order valence-electron chi connectivity index (χ2n) is 6.30. The molecule has 1 amide bonds. The Hall–Kier alpha value is -1.81. The van der Waals surface area contributed by atoms with E-state index in [-0.39, 0.29) is 17.9 Å². The van der Waals surface area contributed by atoms with Crippen molar-refractivity contribution in [3.05, 3.63) is 34.6 Å². The second-order valence-corrected chi connectivity index (χ2v) is 6.30. The smallest absolute Gasteiger partial charge is 0.287 e. The summed E-state index contributed by atoms with van der Waals surface area (Å²) in [5.74, 6) is 0.193. The lowest BCUT2D eigenvalue weighted by atomic mass is 10.0. The van der Waals surface area contributed by atoms with Crippen molar-refractivity contribution in [3.63, 3.8) is 0 Å². The van der Waals surface area contributed by atoms with Gasteiger partial charge in [0, 0.05) is 22.9 Å². The van der Waals surface area contributed by atoms with Crippen molar-refractivity contribution in [2.24, 2.45) is 5.41 Å². The molecule has 112 valence electrons. The highest BCUT2D eigenvalue weighted by Gasteiger charge is 2.42. The van der Waals surface area contributed by atoms with Gasteiger partial charge in [0.05, 0.1) is 6.61 Å². The van der Waals surface area contributed by atoms with E-state index in [0.717, 1.165) is 40.5 Å². The van der Waals surface area contributed by atoms with Crippen LogP contribution in [0.1, 0.15) is 40.1 Å². The normalized spacial score (nSPS) is 16.2. The maximum absolute atomic E-state index is 12.4. The van der Waals surface area contributed by atoms with Crippen molar-refractivity contribution in [3.8, 4) is 0 Å². The minimum atomic E-state index is -0.192. The Labute approximate surface area is 124 Å². The molecule has 4 heteroatoms. The SMILES string of the molecule is Cc1ccc(C)c2c(C)c(C(=O)NCC3(CO)CC3)oc12. The number of rotatable bonds is 4. The first-order chi connectivity index (χ1) is 9.97. The Morgan fingerprint density at radius 1 is 1.29 bits per heavy atom. The maximum Gasteiger partial charge on any atom is 0.287 e. The lowest BCUT2D eigenvalue weighted by molar-refractivity contribution is 0.0908. The van der Waals surface area contributed by atoms with E-state index in [0.29, 0.717) is 12.3 Å². The van der Waals surface area contributed by atoms with E-state index in [9.17, 15) is 9.90 Å². The van der Waals surface area contributed by atoms with Crippen LogP contribution in [0.3, 0.4) is 0 Å². The van der Waals surface area contributed by atoms with Gasteiger partial charge >= 0.3 is 0 Å². The number of amides is 1. The molecule has 1 heterocycles. The molecule has 0 saturated heterocycles. The zero-order valence-electron chi connectivity index (χ0n) is 12.7. The van der Waals surface area contributed by atoms with Gasteiger partial charge < -0.3 is 14.8 Å². The van der Waals surface area contributed by atoms with Crippen molar-refractivity contribution in [1.82, 2.24) is 5.32 Å². The summed E-state index contributed by atoms with van der Waals surface area (Å²) in [5.41, 5.74) is 3.73. The first-order valence-corrected chi connectivity index (χ1v) is 7.36. The van der Waals surface area contributed by atoms with E-state index in [2.05, 4.69) is 5.32 Å². The van der Waals surface area contributed by atoms with Crippen molar-refractivity contribution in [2.45, 2.75) is 33.6 Å². The molecule has 2 N–H and O–H groups in total. The zero-order valence-corrected chi connectivity index (χ0v) is 12.7. The van der Waals surface area contributed by atoms with E-state index in [1.807, 2.05) is 32.9 Å². The molecule has 0 bridgehead atoms. The van der Waals surface area contributed by atoms with Crippen molar-refractivity contribution < 1.29 is 14.3 Å². The molecule has 3 rings (SSSR count). The molecular weight excluding hydrogens is 266 g/mol. The molecule has 0 unspecified atom stereocenters. The monoisotopic (exact) mass is 287 g/mol. The molecule has 1 aliphatic rings. The zero-order chi connectivity index (χ0) is 15.2. The first-order valence-electron chi connectivity index (χ1n) is 7.36. The maximum atomic E-state index is 12.4. The third-order valence-electron chi connectivity index (χ3n) is 4.61. The van der Waals surface area contributed by atoms with E-state index in [1.165, 1.54) is 0 Å². The Morgan fingerprint density at radius 2 is 1.95 bits per heavy atom. The van der Waals surface area contributed by atoms with E-state index < -0.39 is 0 Å². The van der Waals surface area contributed by atoms with Gasteiger partial charge in [0.15, 0.2) is 5.76 Å². The second kappa shape index (κ2) is 4.88. The molecule has 1 aliphatic carbocycles. The molecular formula is C17H21NO3. The van der Waals surface area contributed by atoms with Crippen LogP contribution in [0.5, 0.6) is 0 Å². The molecule has 4 nitrogen and oxygen atoms in total. The molecule has 1 aromatic heterocycles. The number of furan rings is 1. The van der Waals surface area contributed by atoms with Crippen LogP contribution in [0, 0.1) is 26.2 Å². The molecule has 0 spiro atoms. The predicted molar refractivity (Wildman–Crippen MR) is 81.5 cm³/mol. The van der Waals surface area contributed by atoms with E-state index in [1.54, 1.807) is 0 Å². The number of hydrogen-bond donors (Lipinski definition) is 2. The standard InChI is InChI=1S/C17H21NO3/c1-10-4-5-11(2)14-13(10)12(3)15(21-14)16(20)18-8-17(9-19)6-7-17/h4-5,19H,6-9H2,1-3H3,(H,18,20). The van der Waals surface area contributed by atoms with E-state index >= 15 is 0 Å². The van der Waals surface area contributed by atoms with Crippen LogP contribution < -0.4 is 5.32 Å². The van der Waals surface area contributed by atoms with Crippen molar-refractivity contribution >= 4 is 16.9 Å². The predicted octanol–water partition coefficient (Wildman–Crippen LogP) is 2.86. The summed E-state index contributed by atoms with van der Waals surface area (Å²) >= 11 is 0. The lowest BCUT2D eigenvalue weighted by Crippen LogP contribution is -2.31. The largest absolute Gasteiger partial charge is 0.450 e. The molecule has 1 aromatic carbocycles. The minimum absolute atomic E-state index is 0.0958. The molecule has 1 fully saturated rings. The number of fused-ring (bicyclic) bond motifs is 1. The summed E-state index contributed by atoms with van der Waals surface area (Å²) in [4.78, 5) is 12.4. The Balaban J connectivity index is 1.90. The van der Waals surface area contributed by atoms with Crippen LogP contribution in [0.25, 0.3) is 11.0 Å². The van der Waals surface area contributed by atoms with Gasteiger partial charge in [-0.1, -0.05) is 12.1 Å². The van der Waals surface area contributed by atoms with Gasteiger partial charge in [0.2, 0.25) is 0 Å². The fraction of sp³-hybridized carbons (Fsp3) is 0.471. The third-order valence-corrected chi connectivity index (χ3v) is 4.61. The number of hydrogen-bond acceptors (Lipinski definition) is 3. The van der Waals surface area contributed by atoms with Crippen molar-refractivity contribution in [1.29, 1.82) is 0 Å². The summed E-state index contributed by atoms with van der Waals surface area (Å²) < 4.78 is 5.82. The van der Waals surface area contributed by atoms with E-state index in [4.69, 9.17) is 4.42 Å². The molecule has 1 saturated carbocycles.